The van der Waals surface area contributed by atoms with Crippen molar-refractivity contribution in [3.05, 3.63) is 135 Å². The molecule has 0 amide bonds. The number of fused-ring (bicyclic) bond motifs is 3. The number of rotatable bonds is 8. The molecular formula is C34H28N4O4S2. The van der Waals surface area contributed by atoms with Gasteiger partial charge in [-0.15, -0.1) is 11.3 Å². The number of pyridine rings is 1. The predicted molar refractivity (Wildman–Crippen MR) is 175 cm³/mol. The first-order valence-electron chi connectivity index (χ1n) is 14.1. The second-order valence-corrected chi connectivity index (χ2v) is 13.3. The molecule has 220 valence electrons. The fraction of sp³-hybridized carbons (Fsp3) is 0.118. The number of sulfonamides is 1. The highest BCUT2D eigenvalue weighted by Gasteiger charge is 2.31. The quantitative estimate of drug-likeness (QED) is 0.192. The van der Waals surface area contributed by atoms with Gasteiger partial charge in [-0.05, 0) is 46.5 Å². The molecule has 0 spiro atoms. The van der Waals surface area contributed by atoms with Gasteiger partial charge in [0.1, 0.15) is 10.3 Å². The number of aryl methyl sites for hydroxylation is 1. The largest absolute Gasteiger partial charge is 0.505 e. The summed E-state index contributed by atoms with van der Waals surface area (Å²) in [6.45, 7) is 0.126. The molecule has 3 heterocycles. The molecule has 10 heteroatoms. The summed E-state index contributed by atoms with van der Waals surface area (Å²) >= 11 is 1.29. The Balaban J connectivity index is 1.33. The summed E-state index contributed by atoms with van der Waals surface area (Å²) in [5, 5.41) is 14.2. The fourth-order valence-electron chi connectivity index (χ4n) is 5.99. The van der Waals surface area contributed by atoms with Crippen LogP contribution in [0.25, 0.3) is 32.0 Å². The van der Waals surface area contributed by atoms with Crippen molar-refractivity contribution in [2.45, 2.75) is 17.2 Å². The minimum absolute atomic E-state index is 0.126. The lowest BCUT2D eigenvalue weighted by Crippen LogP contribution is -2.27. The van der Waals surface area contributed by atoms with E-state index < -0.39 is 15.9 Å². The first kappa shape index (κ1) is 28.0. The molecule has 8 nitrogen and oxygen atoms in total. The van der Waals surface area contributed by atoms with Crippen molar-refractivity contribution in [3.63, 3.8) is 0 Å². The lowest BCUT2D eigenvalue weighted by Gasteiger charge is -2.21. The first-order chi connectivity index (χ1) is 21.3. The van der Waals surface area contributed by atoms with Crippen molar-refractivity contribution in [1.29, 1.82) is 0 Å². The molecule has 0 radical (unpaired) electrons. The van der Waals surface area contributed by atoms with E-state index in [1.54, 1.807) is 30.8 Å². The minimum Gasteiger partial charge on any atom is -0.505 e. The van der Waals surface area contributed by atoms with Gasteiger partial charge in [0, 0.05) is 30.2 Å². The van der Waals surface area contributed by atoms with Crippen molar-refractivity contribution in [2.75, 3.05) is 6.54 Å². The number of para-hydroxylation sites is 1. The molecule has 0 saturated carbocycles. The van der Waals surface area contributed by atoms with Crippen LogP contribution < -0.4 is 10.3 Å². The number of aromatic hydroxyl groups is 1. The van der Waals surface area contributed by atoms with Gasteiger partial charge in [0.2, 0.25) is 10.0 Å². The summed E-state index contributed by atoms with van der Waals surface area (Å²) in [5.41, 5.74) is 5.09. The Kier molecular flexibility index (Phi) is 7.04. The monoisotopic (exact) mass is 620 g/mol. The summed E-state index contributed by atoms with van der Waals surface area (Å²) in [6.07, 6.45) is 0.343. The lowest BCUT2D eigenvalue weighted by atomic mass is 9.85. The number of hydrogen-bond donors (Lipinski definition) is 3. The number of benzene rings is 4. The molecule has 4 aromatic carbocycles. The zero-order valence-corrected chi connectivity index (χ0v) is 25.3. The molecule has 0 saturated heterocycles. The SMILES string of the molecule is Cn1c(=O)c(C(c2ccccc2)c2[nH]c3ccccc3c2CCNS(=O)(=O)c2ccc3ccccc3c2)c(O)c2ncsc21. The van der Waals surface area contributed by atoms with Crippen molar-refractivity contribution >= 4 is 53.4 Å². The highest BCUT2D eigenvalue weighted by molar-refractivity contribution is 7.89. The Bertz CT molecular complexity index is 2340. The smallest absolute Gasteiger partial charge is 0.259 e. The molecule has 3 N–H and O–H groups in total. The number of thiazole rings is 1. The van der Waals surface area contributed by atoms with E-state index in [2.05, 4.69) is 14.7 Å². The van der Waals surface area contributed by atoms with Crippen LogP contribution in [0, 0.1) is 0 Å². The Labute approximate surface area is 257 Å². The number of aromatic nitrogens is 3. The van der Waals surface area contributed by atoms with Gasteiger partial charge in [-0.1, -0.05) is 78.9 Å². The van der Waals surface area contributed by atoms with Crippen LogP contribution in [0.4, 0.5) is 0 Å². The normalized spacial score (nSPS) is 12.8. The number of nitrogens with zero attached hydrogens (tertiary/aromatic N) is 2. The minimum atomic E-state index is -3.79. The molecule has 0 fully saturated rings. The molecular weight excluding hydrogens is 593 g/mol. The van der Waals surface area contributed by atoms with Crippen molar-refractivity contribution in [3.8, 4) is 5.75 Å². The maximum Gasteiger partial charge on any atom is 0.259 e. The van der Waals surface area contributed by atoms with Crippen LogP contribution in [0.1, 0.15) is 28.3 Å². The topological polar surface area (TPSA) is 117 Å². The summed E-state index contributed by atoms with van der Waals surface area (Å²) in [7, 11) is -2.11. The predicted octanol–water partition coefficient (Wildman–Crippen LogP) is 6.04. The van der Waals surface area contributed by atoms with Crippen LogP contribution in [0.2, 0.25) is 0 Å². The van der Waals surface area contributed by atoms with Gasteiger partial charge in [0.15, 0.2) is 5.75 Å². The molecule has 0 aliphatic heterocycles. The Morgan fingerprint density at radius 1 is 0.955 bits per heavy atom. The molecule has 0 aliphatic carbocycles. The average Bonchev–Trinajstić information content (AvgIpc) is 3.68. The third-order valence-electron chi connectivity index (χ3n) is 8.12. The zero-order chi connectivity index (χ0) is 30.4. The second kappa shape index (κ2) is 11.1. The Hall–Kier alpha value is -4.77. The van der Waals surface area contributed by atoms with Crippen LogP contribution in [-0.2, 0) is 23.5 Å². The van der Waals surface area contributed by atoms with Gasteiger partial charge >= 0.3 is 0 Å². The van der Waals surface area contributed by atoms with E-state index in [1.165, 1.54) is 15.9 Å². The van der Waals surface area contributed by atoms with E-state index in [-0.39, 0.29) is 28.3 Å². The Morgan fingerprint density at radius 3 is 2.50 bits per heavy atom. The molecule has 0 bridgehead atoms. The first-order valence-corrected chi connectivity index (χ1v) is 16.5. The summed E-state index contributed by atoms with van der Waals surface area (Å²) in [6, 6.07) is 30.0. The molecule has 3 aromatic heterocycles. The highest BCUT2D eigenvalue weighted by Crippen LogP contribution is 2.41. The Morgan fingerprint density at radius 2 is 1.68 bits per heavy atom. The van der Waals surface area contributed by atoms with Gasteiger partial charge in [-0.25, -0.2) is 18.1 Å². The van der Waals surface area contributed by atoms with Gasteiger partial charge in [-0.3, -0.25) is 4.79 Å². The summed E-state index contributed by atoms with van der Waals surface area (Å²) < 4.78 is 31.0. The van der Waals surface area contributed by atoms with Gasteiger partial charge in [0.25, 0.3) is 5.56 Å². The maximum absolute atomic E-state index is 13.9. The molecule has 7 rings (SSSR count). The van der Waals surface area contributed by atoms with Crippen LogP contribution in [0.3, 0.4) is 0 Å². The maximum atomic E-state index is 13.9. The fourth-order valence-corrected chi connectivity index (χ4v) is 7.82. The van der Waals surface area contributed by atoms with E-state index in [0.29, 0.717) is 22.5 Å². The van der Waals surface area contributed by atoms with Crippen LogP contribution in [0.15, 0.2) is 112 Å². The van der Waals surface area contributed by atoms with E-state index >= 15 is 0 Å². The highest BCUT2D eigenvalue weighted by atomic mass is 32.2. The van der Waals surface area contributed by atoms with Gasteiger partial charge in [0.05, 0.1) is 21.9 Å². The molecule has 7 aromatic rings. The molecule has 0 aliphatic rings. The van der Waals surface area contributed by atoms with E-state index in [1.807, 2.05) is 78.9 Å². The van der Waals surface area contributed by atoms with E-state index in [0.717, 1.165) is 32.8 Å². The number of aromatic amines is 1. The average molecular weight is 621 g/mol. The van der Waals surface area contributed by atoms with Crippen LogP contribution in [-0.4, -0.2) is 34.6 Å². The lowest BCUT2D eigenvalue weighted by molar-refractivity contribution is 0.469. The van der Waals surface area contributed by atoms with Gasteiger partial charge < -0.3 is 14.7 Å². The van der Waals surface area contributed by atoms with Crippen molar-refractivity contribution in [1.82, 2.24) is 19.3 Å². The third-order valence-corrected chi connectivity index (χ3v) is 10.5. The molecule has 1 atom stereocenters. The molecule has 1 unspecified atom stereocenters. The summed E-state index contributed by atoms with van der Waals surface area (Å²) in [5.74, 6) is -0.819. The number of H-pyrrole nitrogens is 1. The van der Waals surface area contributed by atoms with E-state index in [9.17, 15) is 18.3 Å². The number of hydrogen-bond acceptors (Lipinski definition) is 6. The molecule has 44 heavy (non-hydrogen) atoms. The van der Waals surface area contributed by atoms with Crippen LogP contribution >= 0.6 is 11.3 Å². The van der Waals surface area contributed by atoms with E-state index in [4.69, 9.17) is 0 Å². The standard InChI is InChI=1S/C34H28N4O4S2/c1-38-33(40)29(32(39)31-34(38)43-20-35-31)28(22-10-3-2-4-11-22)30-26(25-13-7-8-14-27(25)37-30)17-18-36-44(41,42)24-16-15-21-9-5-6-12-23(21)19-24/h2-16,19-20,28,36-37,39H,17-18H2,1H3. The zero-order valence-electron chi connectivity index (χ0n) is 23.7. The van der Waals surface area contributed by atoms with Crippen LogP contribution in [0.5, 0.6) is 5.75 Å². The van der Waals surface area contributed by atoms with Crippen molar-refractivity contribution in [2.24, 2.45) is 7.05 Å². The summed E-state index contributed by atoms with van der Waals surface area (Å²) in [4.78, 5) is 22.6. The number of nitrogens with one attached hydrogen (secondary N) is 2. The second-order valence-electron chi connectivity index (χ2n) is 10.7. The van der Waals surface area contributed by atoms with Crippen molar-refractivity contribution < 1.29 is 13.5 Å². The van der Waals surface area contributed by atoms with Gasteiger partial charge in [-0.2, -0.15) is 0 Å². The third kappa shape index (κ3) is 4.77.